The maximum absolute atomic E-state index is 4.32. The molecule has 0 saturated heterocycles. The van der Waals surface area contributed by atoms with Gasteiger partial charge in [0.25, 0.3) is 0 Å². The smallest absolute Gasteiger partial charge is 0.0568 e. The Morgan fingerprint density at radius 2 is 2.11 bits per heavy atom. The number of aryl methyl sites for hydroxylation is 1. The van der Waals surface area contributed by atoms with E-state index >= 15 is 0 Å². The molecule has 3 heteroatoms. The third kappa shape index (κ3) is 3.20. The average Bonchev–Trinajstić information content (AvgIpc) is 2.88. The van der Waals surface area contributed by atoms with Crippen molar-refractivity contribution < 1.29 is 0 Å². The van der Waals surface area contributed by atoms with Crippen molar-refractivity contribution in [2.24, 2.45) is 0 Å². The molecule has 1 aromatic heterocycles. The average molecular weight is 243 g/mol. The molecule has 0 spiro atoms. The van der Waals surface area contributed by atoms with Crippen LogP contribution < -0.4 is 5.32 Å². The van der Waals surface area contributed by atoms with Crippen molar-refractivity contribution in [2.75, 3.05) is 6.54 Å². The molecule has 0 unspecified atom stereocenters. The van der Waals surface area contributed by atoms with Gasteiger partial charge < -0.3 is 5.32 Å². The summed E-state index contributed by atoms with van der Waals surface area (Å²) in [6.07, 6.45) is 5.20. The van der Waals surface area contributed by atoms with E-state index in [-0.39, 0.29) is 0 Å². The van der Waals surface area contributed by atoms with Crippen LogP contribution in [0, 0.1) is 0 Å². The summed E-state index contributed by atoms with van der Waals surface area (Å²) in [7, 11) is 0. The van der Waals surface area contributed by atoms with Gasteiger partial charge in [-0.1, -0.05) is 25.1 Å². The van der Waals surface area contributed by atoms with Gasteiger partial charge in [0, 0.05) is 24.8 Å². The first-order valence-electron chi connectivity index (χ1n) is 6.66. The Balaban J connectivity index is 2.11. The van der Waals surface area contributed by atoms with Crippen molar-refractivity contribution in [2.45, 2.75) is 33.4 Å². The Hall–Kier alpha value is -1.61. The van der Waals surface area contributed by atoms with E-state index in [1.165, 1.54) is 23.1 Å². The van der Waals surface area contributed by atoms with Crippen molar-refractivity contribution in [3.8, 4) is 11.1 Å². The summed E-state index contributed by atoms with van der Waals surface area (Å²) in [4.78, 5) is 0. The molecular formula is C15H21N3. The van der Waals surface area contributed by atoms with Gasteiger partial charge in [-0.3, -0.25) is 4.68 Å². The van der Waals surface area contributed by atoms with Gasteiger partial charge in [-0.2, -0.15) is 5.10 Å². The van der Waals surface area contributed by atoms with E-state index in [1.54, 1.807) is 0 Å². The van der Waals surface area contributed by atoms with Crippen LogP contribution in [0.4, 0.5) is 0 Å². The number of benzene rings is 1. The lowest BCUT2D eigenvalue weighted by atomic mass is 10.1. The number of nitrogens with zero attached hydrogens (tertiary/aromatic N) is 2. The minimum atomic E-state index is 0.914. The molecule has 96 valence electrons. The van der Waals surface area contributed by atoms with Crippen LogP contribution in [0.25, 0.3) is 11.1 Å². The van der Waals surface area contributed by atoms with Crippen LogP contribution >= 0.6 is 0 Å². The third-order valence-corrected chi connectivity index (χ3v) is 2.97. The highest BCUT2D eigenvalue weighted by Crippen LogP contribution is 2.19. The molecule has 1 N–H and O–H groups in total. The summed E-state index contributed by atoms with van der Waals surface area (Å²) in [5.74, 6) is 0. The summed E-state index contributed by atoms with van der Waals surface area (Å²) in [6.45, 7) is 7.20. The minimum absolute atomic E-state index is 0.914. The Kier molecular flexibility index (Phi) is 4.53. The molecule has 0 fully saturated rings. The topological polar surface area (TPSA) is 29.9 Å². The van der Waals surface area contributed by atoms with Gasteiger partial charge >= 0.3 is 0 Å². The largest absolute Gasteiger partial charge is 0.313 e. The molecule has 0 aliphatic rings. The molecule has 0 saturated carbocycles. The minimum Gasteiger partial charge on any atom is -0.313 e. The quantitative estimate of drug-likeness (QED) is 0.790. The first kappa shape index (κ1) is 12.8. The molecule has 1 aromatic carbocycles. The van der Waals surface area contributed by atoms with Gasteiger partial charge in [0.05, 0.1) is 6.20 Å². The number of aromatic nitrogens is 2. The van der Waals surface area contributed by atoms with Crippen molar-refractivity contribution in [1.29, 1.82) is 0 Å². The van der Waals surface area contributed by atoms with Gasteiger partial charge in [0.1, 0.15) is 0 Å². The standard InChI is InChI=1S/C15H21N3/c1-3-8-16-10-13-6-5-7-14(9-13)15-11-17-18(4-2)12-15/h5-7,9,11-12,16H,3-4,8,10H2,1-2H3. The molecule has 1 heterocycles. The van der Waals surface area contributed by atoms with Gasteiger partial charge in [-0.25, -0.2) is 0 Å². The van der Waals surface area contributed by atoms with Crippen molar-refractivity contribution in [1.82, 2.24) is 15.1 Å². The van der Waals surface area contributed by atoms with Crippen molar-refractivity contribution in [3.63, 3.8) is 0 Å². The maximum atomic E-state index is 4.32. The zero-order chi connectivity index (χ0) is 12.8. The van der Waals surface area contributed by atoms with Crippen LogP contribution in [0.5, 0.6) is 0 Å². The maximum Gasteiger partial charge on any atom is 0.0568 e. The van der Waals surface area contributed by atoms with Crippen LogP contribution in [-0.4, -0.2) is 16.3 Å². The van der Waals surface area contributed by atoms with E-state index < -0.39 is 0 Å². The molecule has 0 aliphatic heterocycles. The number of hydrogen-bond donors (Lipinski definition) is 1. The second-order valence-electron chi connectivity index (χ2n) is 4.46. The van der Waals surface area contributed by atoms with E-state index in [1.807, 2.05) is 10.9 Å². The van der Waals surface area contributed by atoms with E-state index in [0.717, 1.165) is 19.6 Å². The first-order valence-corrected chi connectivity index (χ1v) is 6.66. The Labute approximate surface area is 109 Å². The lowest BCUT2D eigenvalue weighted by Gasteiger charge is -2.05. The number of rotatable bonds is 6. The van der Waals surface area contributed by atoms with E-state index in [0.29, 0.717) is 0 Å². The van der Waals surface area contributed by atoms with E-state index in [9.17, 15) is 0 Å². The van der Waals surface area contributed by atoms with Crippen LogP contribution in [-0.2, 0) is 13.1 Å². The fourth-order valence-corrected chi connectivity index (χ4v) is 1.96. The fraction of sp³-hybridized carbons (Fsp3) is 0.400. The van der Waals surface area contributed by atoms with Crippen LogP contribution in [0.15, 0.2) is 36.7 Å². The molecular weight excluding hydrogens is 222 g/mol. The molecule has 0 amide bonds. The molecule has 0 aliphatic carbocycles. The lowest BCUT2D eigenvalue weighted by Crippen LogP contribution is -2.13. The first-order chi connectivity index (χ1) is 8.83. The highest BCUT2D eigenvalue weighted by molar-refractivity contribution is 5.62. The fourth-order valence-electron chi connectivity index (χ4n) is 1.96. The predicted molar refractivity (Wildman–Crippen MR) is 75.3 cm³/mol. The zero-order valence-corrected chi connectivity index (χ0v) is 11.2. The molecule has 0 radical (unpaired) electrons. The number of hydrogen-bond acceptors (Lipinski definition) is 2. The summed E-state index contributed by atoms with van der Waals surface area (Å²) in [5, 5.41) is 7.74. The zero-order valence-electron chi connectivity index (χ0n) is 11.2. The second-order valence-corrected chi connectivity index (χ2v) is 4.46. The monoisotopic (exact) mass is 243 g/mol. The molecule has 0 atom stereocenters. The summed E-state index contributed by atoms with van der Waals surface area (Å²) in [6, 6.07) is 8.65. The van der Waals surface area contributed by atoms with Gasteiger partial charge in [-0.05, 0) is 37.1 Å². The van der Waals surface area contributed by atoms with Crippen LogP contribution in [0.2, 0.25) is 0 Å². The lowest BCUT2D eigenvalue weighted by molar-refractivity contribution is 0.660. The Morgan fingerprint density at radius 3 is 2.83 bits per heavy atom. The second kappa shape index (κ2) is 6.36. The molecule has 2 rings (SSSR count). The van der Waals surface area contributed by atoms with Crippen molar-refractivity contribution in [3.05, 3.63) is 42.2 Å². The Bertz CT molecular complexity index is 488. The Morgan fingerprint density at radius 1 is 1.22 bits per heavy atom. The molecule has 2 aromatic rings. The normalized spacial score (nSPS) is 10.8. The summed E-state index contributed by atoms with van der Waals surface area (Å²) in [5.41, 5.74) is 3.75. The third-order valence-electron chi connectivity index (χ3n) is 2.97. The highest BCUT2D eigenvalue weighted by atomic mass is 15.3. The molecule has 18 heavy (non-hydrogen) atoms. The summed E-state index contributed by atoms with van der Waals surface area (Å²) >= 11 is 0. The van der Waals surface area contributed by atoms with E-state index in [2.05, 4.69) is 54.7 Å². The van der Waals surface area contributed by atoms with Crippen LogP contribution in [0.3, 0.4) is 0 Å². The van der Waals surface area contributed by atoms with Gasteiger partial charge in [0.15, 0.2) is 0 Å². The summed E-state index contributed by atoms with van der Waals surface area (Å²) < 4.78 is 1.96. The molecule has 0 bridgehead atoms. The predicted octanol–water partition coefficient (Wildman–Crippen LogP) is 3.07. The van der Waals surface area contributed by atoms with Crippen molar-refractivity contribution >= 4 is 0 Å². The SMILES string of the molecule is CCCNCc1cccc(-c2cnn(CC)c2)c1. The van der Waals surface area contributed by atoms with Gasteiger partial charge in [0.2, 0.25) is 0 Å². The number of nitrogens with one attached hydrogen (secondary N) is 1. The molecule has 3 nitrogen and oxygen atoms in total. The van der Waals surface area contributed by atoms with E-state index in [4.69, 9.17) is 0 Å². The van der Waals surface area contributed by atoms with Crippen LogP contribution in [0.1, 0.15) is 25.8 Å². The highest BCUT2D eigenvalue weighted by Gasteiger charge is 2.02. The van der Waals surface area contributed by atoms with Gasteiger partial charge in [-0.15, -0.1) is 0 Å².